The molecule has 0 aromatic heterocycles. The van der Waals surface area contributed by atoms with Gasteiger partial charge in [-0.25, -0.2) is 0 Å². The minimum absolute atomic E-state index is 0.455. The average Bonchev–Trinajstić information content (AvgIpc) is 2.55. The lowest BCUT2D eigenvalue weighted by molar-refractivity contribution is -0.142. The Morgan fingerprint density at radius 1 is 0.818 bits per heavy atom. The Balaban J connectivity index is 2.11. The Morgan fingerprint density at radius 2 is 1.32 bits per heavy atom. The molecule has 0 radical (unpaired) electrons. The summed E-state index contributed by atoms with van der Waals surface area (Å²) in [5.41, 5.74) is 1.71. The van der Waals surface area contributed by atoms with Crippen LogP contribution >= 0.6 is 0 Å². The summed E-state index contributed by atoms with van der Waals surface area (Å²) < 4.78 is 0. The fraction of sp³-hybridized carbons (Fsp3) is 0.0526. The second-order valence-electron chi connectivity index (χ2n) is 4.73. The first-order valence-electron chi connectivity index (χ1n) is 6.90. The van der Waals surface area contributed by atoms with Crippen LogP contribution in [0.15, 0.2) is 72.8 Å². The summed E-state index contributed by atoms with van der Waals surface area (Å²) in [5.74, 6) is -2.79. The molecule has 0 fully saturated rings. The Labute approximate surface area is 129 Å². The van der Waals surface area contributed by atoms with E-state index >= 15 is 0 Å². The lowest BCUT2D eigenvalue weighted by Gasteiger charge is -2.03. The van der Waals surface area contributed by atoms with Gasteiger partial charge in [0.15, 0.2) is 5.78 Å². The van der Waals surface area contributed by atoms with Gasteiger partial charge in [0, 0.05) is 0 Å². The Hall–Kier alpha value is -2.94. The fourth-order valence-electron chi connectivity index (χ4n) is 1.92. The molecule has 0 heterocycles. The van der Waals surface area contributed by atoms with Crippen LogP contribution in [-0.4, -0.2) is 16.9 Å². The van der Waals surface area contributed by atoms with E-state index < -0.39 is 17.7 Å². The number of benzene rings is 2. The predicted octanol–water partition coefficient (Wildman–Crippen LogP) is 3.68. The zero-order valence-corrected chi connectivity index (χ0v) is 11.9. The van der Waals surface area contributed by atoms with Gasteiger partial charge in [-0.2, -0.15) is 0 Å². The molecule has 0 aliphatic rings. The number of rotatable bonds is 6. The Morgan fingerprint density at radius 3 is 1.82 bits per heavy atom. The SMILES string of the molecule is O=C(O)C(C=Cc1ccccc1)C(=O)C=Cc1ccccc1. The molecule has 2 aromatic carbocycles. The molecule has 0 bridgehead atoms. The van der Waals surface area contributed by atoms with Crippen LogP contribution in [0.25, 0.3) is 12.2 Å². The van der Waals surface area contributed by atoms with Crippen molar-refractivity contribution in [3.05, 3.63) is 83.9 Å². The molecule has 3 heteroatoms. The largest absolute Gasteiger partial charge is 0.480 e. The fourth-order valence-corrected chi connectivity index (χ4v) is 1.92. The molecule has 3 nitrogen and oxygen atoms in total. The van der Waals surface area contributed by atoms with Gasteiger partial charge in [0.25, 0.3) is 0 Å². The van der Waals surface area contributed by atoms with Gasteiger partial charge in [-0.3, -0.25) is 9.59 Å². The van der Waals surface area contributed by atoms with Gasteiger partial charge < -0.3 is 5.11 Å². The van der Waals surface area contributed by atoms with Gasteiger partial charge >= 0.3 is 5.97 Å². The zero-order chi connectivity index (χ0) is 15.8. The van der Waals surface area contributed by atoms with Crippen molar-refractivity contribution in [3.8, 4) is 0 Å². The lowest BCUT2D eigenvalue weighted by atomic mass is 10.0. The van der Waals surface area contributed by atoms with Crippen molar-refractivity contribution in [1.29, 1.82) is 0 Å². The standard InChI is InChI=1S/C19H16O3/c20-18(14-12-16-9-5-2-6-10-16)17(19(21)22)13-11-15-7-3-1-4-8-15/h1-14,17H,(H,21,22). The van der Waals surface area contributed by atoms with E-state index in [0.717, 1.165) is 11.1 Å². The van der Waals surface area contributed by atoms with Crippen LogP contribution in [0.4, 0.5) is 0 Å². The van der Waals surface area contributed by atoms with Gasteiger partial charge in [0.2, 0.25) is 0 Å². The highest BCUT2D eigenvalue weighted by atomic mass is 16.4. The van der Waals surface area contributed by atoms with Crippen molar-refractivity contribution in [2.75, 3.05) is 0 Å². The molecule has 0 saturated carbocycles. The number of carbonyl (C=O) groups excluding carboxylic acids is 1. The van der Waals surface area contributed by atoms with Crippen LogP contribution in [0.5, 0.6) is 0 Å². The predicted molar refractivity (Wildman–Crippen MR) is 87.1 cm³/mol. The van der Waals surface area contributed by atoms with Crippen molar-refractivity contribution in [1.82, 2.24) is 0 Å². The maximum Gasteiger partial charge on any atom is 0.318 e. The minimum atomic E-state index is -1.18. The summed E-state index contributed by atoms with van der Waals surface area (Å²) in [6.07, 6.45) is 5.99. The highest BCUT2D eigenvalue weighted by Crippen LogP contribution is 2.10. The van der Waals surface area contributed by atoms with Gasteiger partial charge in [0.1, 0.15) is 5.92 Å². The molecule has 0 saturated heterocycles. The highest BCUT2D eigenvalue weighted by molar-refractivity contribution is 6.08. The summed E-state index contributed by atoms with van der Waals surface area (Å²) in [4.78, 5) is 23.3. The molecular formula is C19H16O3. The number of allylic oxidation sites excluding steroid dienone is 1. The quantitative estimate of drug-likeness (QED) is 0.652. The van der Waals surface area contributed by atoms with Crippen LogP contribution in [0.3, 0.4) is 0 Å². The topological polar surface area (TPSA) is 54.4 Å². The van der Waals surface area contributed by atoms with Crippen molar-refractivity contribution < 1.29 is 14.7 Å². The third-order valence-electron chi connectivity index (χ3n) is 3.09. The van der Waals surface area contributed by atoms with Crippen LogP contribution in [0.1, 0.15) is 11.1 Å². The summed E-state index contributed by atoms with van der Waals surface area (Å²) in [6.45, 7) is 0. The summed E-state index contributed by atoms with van der Waals surface area (Å²) in [5, 5.41) is 9.21. The molecule has 0 aliphatic carbocycles. The van der Waals surface area contributed by atoms with E-state index in [1.54, 1.807) is 12.2 Å². The van der Waals surface area contributed by atoms with E-state index in [9.17, 15) is 14.7 Å². The Bertz CT molecular complexity index is 685. The first-order valence-corrected chi connectivity index (χ1v) is 6.90. The van der Waals surface area contributed by atoms with Crippen molar-refractivity contribution in [2.24, 2.45) is 5.92 Å². The van der Waals surface area contributed by atoms with Crippen LogP contribution in [0.2, 0.25) is 0 Å². The maximum absolute atomic E-state index is 12.1. The number of carbonyl (C=O) groups is 2. The smallest absolute Gasteiger partial charge is 0.318 e. The number of hydrogen-bond donors (Lipinski definition) is 1. The van der Waals surface area contributed by atoms with Gasteiger partial charge in [-0.15, -0.1) is 0 Å². The van der Waals surface area contributed by atoms with E-state index in [-0.39, 0.29) is 0 Å². The molecular weight excluding hydrogens is 276 g/mol. The van der Waals surface area contributed by atoms with Crippen LogP contribution in [0, 0.1) is 5.92 Å². The Kier molecular flexibility index (Phi) is 5.44. The second kappa shape index (κ2) is 7.74. The van der Waals surface area contributed by atoms with E-state index in [1.807, 2.05) is 60.7 Å². The monoisotopic (exact) mass is 292 g/mol. The van der Waals surface area contributed by atoms with Crippen molar-refractivity contribution >= 4 is 23.9 Å². The summed E-state index contributed by atoms with van der Waals surface area (Å²) in [6, 6.07) is 18.6. The van der Waals surface area contributed by atoms with Crippen molar-refractivity contribution in [2.45, 2.75) is 0 Å². The molecule has 1 unspecified atom stereocenters. The number of hydrogen-bond acceptors (Lipinski definition) is 2. The number of ketones is 1. The normalized spacial score (nSPS) is 12.5. The van der Waals surface area contributed by atoms with Crippen molar-refractivity contribution in [3.63, 3.8) is 0 Å². The molecule has 1 atom stereocenters. The summed E-state index contributed by atoms with van der Waals surface area (Å²) in [7, 11) is 0. The number of carboxylic acids is 1. The first-order chi connectivity index (χ1) is 10.7. The molecule has 22 heavy (non-hydrogen) atoms. The van der Waals surface area contributed by atoms with E-state index in [4.69, 9.17) is 0 Å². The number of aliphatic carboxylic acids is 1. The molecule has 0 amide bonds. The number of carboxylic acid groups (broad SMARTS) is 1. The van der Waals surface area contributed by atoms with Crippen LogP contribution < -0.4 is 0 Å². The van der Waals surface area contributed by atoms with E-state index in [0.29, 0.717) is 0 Å². The van der Waals surface area contributed by atoms with Gasteiger partial charge in [-0.05, 0) is 17.2 Å². The third-order valence-corrected chi connectivity index (χ3v) is 3.09. The second-order valence-corrected chi connectivity index (χ2v) is 4.73. The highest BCUT2D eigenvalue weighted by Gasteiger charge is 2.20. The maximum atomic E-state index is 12.1. The molecule has 2 aromatic rings. The molecule has 110 valence electrons. The van der Waals surface area contributed by atoms with E-state index in [2.05, 4.69) is 0 Å². The molecule has 1 N–H and O–H groups in total. The molecule has 0 aliphatic heterocycles. The van der Waals surface area contributed by atoms with Crippen LogP contribution in [-0.2, 0) is 9.59 Å². The molecule has 2 rings (SSSR count). The first kappa shape index (κ1) is 15.4. The minimum Gasteiger partial charge on any atom is -0.480 e. The molecule has 0 spiro atoms. The van der Waals surface area contributed by atoms with E-state index in [1.165, 1.54) is 12.2 Å². The lowest BCUT2D eigenvalue weighted by Crippen LogP contribution is -2.19. The van der Waals surface area contributed by atoms with Gasteiger partial charge in [-0.1, -0.05) is 78.9 Å². The van der Waals surface area contributed by atoms with Gasteiger partial charge in [0.05, 0.1) is 0 Å². The zero-order valence-electron chi connectivity index (χ0n) is 11.9. The third kappa shape index (κ3) is 4.56. The summed E-state index contributed by atoms with van der Waals surface area (Å²) >= 11 is 0. The average molecular weight is 292 g/mol.